The molecule has 14 heavy (non-hydrogen) atoms. The van der Waals surface area contributed by atoms with E-state index in [1.165, 1.54) is 0 Å². The van der Waals surface area contributed by atoms with Gasteiger partial charge in [-0.25, -0.2) is 4.79 Å². The van der Waals surface area contributed by atoms with E-state index in [1.807, 2.05) is 6.08 Å². The fraction of sp³-hybridized carbons (Fsp3) is 0.727. The largest absolute Gasteiger partial charge is 0.460 e. The molecule has 0 radical (unpaired) electrons. The summed E-state index contributed by atoms with van der Waals surface area (Å²) in [6.45, 7) is 6.33. The van der Waals surface area contributed by atoms with Gasteiger partial charge in [-0.05, 0) is 5.41 Å². The van der Waals surface area contributed by atoms with Gasteiger partial charge in [0.05, 0.1) is 0 Å². The minimum Gasteiger partial charge on any atom is -0.460 e. The van der Waals surface area contributed by atoms with E-state index in [4.69, 9.17) is 9.84 Å². The van der Waals surface area contributed by atoms with Crippen LogP contribution in [0.25, 0.3) is 0 Å². The SMILES string of the molecule is CC(C)(C)/C=C/C[C@H]1C[C@@H](O)C(=O)O1. The van der Waals surface area contributed by atoms with E-state index in [2.05, 4.69) is 26.8 Å². The summed E-state index contributed by atoms with van der Waals surface area (Å²) in [4.78, 5) is 10.8. The van der Waals surface area contributed by atoms with Crippen LogP contribution in [0.2, 0.25) is 0 Å². The van der Waals surface area contributed by atoms with Gasteiger partial charge in [-0.15, -0.1) is 0 Å². The van der Waals surface area contributed by atoms with Crippen LogP contribution < -0.4 is 0 Å². The number of hydrogen-bond donors (Lipinski definition) is 1. The number of aliphatic hydroxyl groups excluding tert-OH is 1. The molecule has 1 rings (SSSR count). The number of hydrogen-bond acceptors (Lipinski definition) is 3. The smallest absolute Gasteiger partial charge is 0.335 e. The van der Waals surface area contributed by atoms with Gasteiger partial charge < -0.3 is 9.84 Å². The molecule has 1 N–H and O–H groups in total. The molecule has 0 aliphatic carbocycles. The van der Waals surface area contributed by atoms with Crippen molar-refractivity contribution in [1.82, 2.24) is 0 Å². The molecule has 0 aromatic heterocycles. The van der Waals surface area contributed by atoms with Crippen LogP contribution in [0.5, 0.6) is 0 Å². The molecule has 0 saturated carbocycles. The Morgan fingerprint density at radius 3 is 2.64 bits per heavy atom. The van der Waals surface area contributed by atoms with Gasteiger partial charge in [-0.2, -0.15) is 0 Å². The summed E-state index contributed by atoms with van der Waals surface area (Å²) in [6, 6.07) is 0. The molecular weight excluding hydrogens is 180 g/mol. The summed E-state index contributed by atoms with van der Waals surface area (Å²) in [5, 5.41) is 9.13. The van der Waals surface area contributed by atoms with Crippen LogP contribution in [-0.2, 0) is 9.53 Å². The molecule has 1 fully saturated rings. The molecular formula is C11H18O3. The number of aliphatic hydroxyl groups is 1. The van der Waals surface area contributed by atoms with E-state index >= 15 is 0 Å². The van der Waals surface area contributed by atoms with Gasteiger partial charge in [-0.1, -0.05) is 32.9 Å². The third-order valence-electron chi connectivity index (χ3n) is 2.06. The molecule has 1 aliphatic heterocycles. The summed E-state index contributed by atoms with van der Waals surface area (Å²) in [7, 11) is 0. The molecule has 3 nitrogen and oxygen atoms in total. The van der Waals surface area contributed by atoms with Crippen LogP contribution in [0.1, 0.15) is 33.6 Å². The van der Waals surface area contributed by atoms with E-state index < -0.39 is 12.1 Å². The first-order valence-electron chi connectivity index (χ1n) is 4.95. The minimum atomic E-state index is -0.914. The first kappa shape index (κ1) is 11.2. The third-order valence-corrected chi connectivity index (χ3v) is 2.06. The minimum absolute atomic E-state index is 0.143. The molecule has 2 atom stereocenters. The Bertz CT molecular complexity index is 237. The zero-order valence-corrected chi connectivity index (χ0v) is 8.99. The van der Waals surface area contributed by atoms with Gasteiger partial charge in [0.2, 0.25) is 0 Å². The van der Waals surface area contributed by atoms with Crippen molar-refractivity contribution >= 4 is 5.97 Å². The predicted octanol–water partition coefficient (Wildman–Crippen LogP) is 1.66. The first-order valence-corrected chi connectivity index (χ1v) is 4.95. The van der Waals surface area contributed by atoms with E-state index in [-0.39, 0.29) is 11.5 Å². The maximum atomic E-state index is 10.8. The molecule has 0 spiro atoms. The van der Waals surface area contributed by atoms with Gasteiger partial charge in [0.25, 0.3) is 0 Å². The predicted molar refractivity (Wildman–Crippen MR) is 53.7 cm³/mol. The molecule has 1 saturated heterocycles. The quantitative estimate of drug-likeness (QED) is 0.542. The van der Waals surface area contributed by atoms with E-state index in [9.17, 15) is 4.79 Å². The van der Waals surface area contributed by atoms with Gasteiger partial charge in [0, 0.05) is 12.8 Å². The Morgan fingerprint density at radius 2 is 2.21 bits per heavy atom. The highest BCUT2D eigenvalue weighted by atomic mass is 16.6. The van der Waals surface area contributed by atoms with Crippen LogP contribution >= 0.6 is 0 Å². The van der Waals surface area contributed by atoms with Crippen molar-refractivity contribution in [3.8, 4) is 0 Å². The van der Waals surface area contributed by atoms with Gasteiger partial charge in [0.1, 0.15) is 6.10 Å². The molecule has 0 unspecified atom stereocenters. The second-order valence-electron chi connectivity index (χ2n) is 4.81. The highest BCUT2D eigenvalue weighted by molar-refractivity contribution is 5.76. The lowest BCUT2D eigenvalue weighted by Gasteiger charge is -2.12. The van der Waals surface area contributed by atoms with Crippen molar-refractivity contribution in [3.05, 3.63) is 12.2 Å². The summed E-state index contributed by atoms with van der Waals surface area (Å²) < 4.78 is 4.95. The molecule has 0 amide bonds. The Hall–Kier alpha value is -0.830. The van der Waals surface area contributed by atoms with Gasteiger partial charge in [0.15, 0.2) is 6.10 Å². The Balaban J connectivity index is 2.34. The number of carbonyl (C=O) groups excluding carboxylic acids is 1. The van der Waals surface area contributed by atoms with E-state index in [0.29, 0.717) is 12.8 Å². The summed E-state index contributed by atoms with van der Waals surface area (Å²) in [5.74, 6) is -0.487. The molecule has 3 heteroatoms. The first-order chi connectivity index (χ1) is 6.38. The van der Waals surface area contributed by atoms with Crippen molar-refractivity contribution < 1.29 is 14.6 Å². The average molecular weight is 198 g/mol. The standard InChI is InChI=1S/C11H18O3/c1-11(2,3)6-4-5-8-7-9(12)10(13)14-8/h4,6,8-9,12H,5,7H2,1-3H3/b6-4+/t8-,9+/m0/s1. The lowest BCUT2D eigenvalue weighted by Crippen LogP contribution is -2.11. The summed E-state index contributed by atoms with van der Waals surface area (Å²) in [6.07, 6.45) is 4.16. The second-order valence-corrected chi connectivity index (χ2v) is 4.81. The zero-order valence-electron chi connectivity index (χ0n) is 8.99. The lowest BCUT2D eigenvalue weighted by molar-refractivity contribution is -0.147. The van der Waals surface area contributed by atoms with E-state index in [0.717, 1.165) is 0 Å². The van der Waals surface area contributed by atoms with Crippen LogP contribution in [0.3, 0.4) is 0 Å². The number of ether oxygens (including phenoxy) is 1. The van der Waals surface area contributed by atoms with Crippen molar-refractivity contribution in [1.29, 1.82) is 0 Å². The Kier molecular flexibility index (Phi) is 3.32. The Morgan fingerprint density at radius 1 is 1.57 bits per heavy atom. The van der Waals surface area contributed by atoms with Gasteiger partial charge >= 0.3 is 5.97 Å². The molecule has 0 aromatic carbocycles. The molecule has 0 aromatic rings. The average Bonchev–Trinajstić information content (AvgIpc) is 2.28. The number of cyclic esters (lactones) is 1. The van der Waals surface area contributed by atoms with Crippen LogP contribution in [0.15, 0.2) is 12.2 Å². The maximum absolute atomic E-state index is 10.8. The topological polar surface area (TPSA) is 46.5 Å². The molecule has 1 aliphatic rings. The fourth-order valence-electron chi connectivity index (χ4n) is 1.35. The fourth-order valence-corrected chi connectivity index (χ4v) is 1.35. The van der Waals surface area contributed by atoms with Crippen molar-refractivity contribution in [2.45, 2.75) is 45.8 Å². The summed E-state index contributed by atoms with van der Waals surface area (Å²) in [5.41, 5.74) is 0.154. The van der Waals surface area contributed by atoms with Crippen molar-refractivity contribution in [2.75, 3.05) is 0 Å². The number of allylic oxidation sites excluding steroid dienone is 1. The monoisotopic (exact) mass is 198 g/mol. The second kappa shape index (κ2) is 4.13. The zero-order chi connectivity index (χ0) is 10.8. The Labute approximate surface area is 84.8 Å². The number of carbonyl (C=O) groups is 1. The van der Waals surface area contributed by atoms with Crippen molar-refractivity contribution in [2.24, 2.45) is 5.41 Å². The van der Waals surface area contributed by atoms with Crippen molar-refractivity contribution in [3.63, 3.8) is 0 Å². The third kappa shape index (κ3) is 3.50. The summed E-state index contributed by atoms with van der Waals surface area (Å²) >= 11 is 0. The highest BCUT2D eigenvalue weighted by Crippen LogP contribution is 2.20. The highest BCUT2D eigenvalue weighted by Gasteiger charge is 2.31. The maximum Gasteiger partial charge on any atom is 0.335 e. The molecule has 1 heterocycles. The van der Waals surface area contributed by atoms with E-state index in [1.54, 1.807) is 0 Å². The van der Waals surface area contributed by atoms with Crippen LogP contribution in [-0.4, -0.2) is 23.3 Å². The lowest BCUT2D eigenvalue weighted by atomic mass is 9.95. The van der Waals surface area contributed by atoms with Crippen LogP contribution in [0, 0.1) is 5.41 Å². The normalized spacial score (nSPS) is 28.4. The number of rotatable bonds is 2. The number of esters is 1. The van der Waals surface area contributed by atoms with Crippen LogP contribution in [0.4, 0.5) is 0 Å². The van der Waals surface area contributed by atoms with Gasteiger partial charge in [-0.3, -0.25) is 0 Å². The molecule has 80 valence electrons. The molecule has 0 bridgehead atoms.